The number of halogens is 1. The lowest BCUT2D eigenvalue weighted by Crippen LogP contribution is -2.16. The van der Waals surface area contributed by atoms with Crippen LogP contribution < -0.4 is 5.32 Å². The normalized spacial score (nSPS) is 22.8. The smallest absolute Gasteiger partial charge is 0.143 e. The van der Waals surface area contributed by atoms with Crippen molar-refractivity contribution in [3.63, 3.8) is 0 Å². The number of benzene rings is 1. The minimum atomic E-state index is -0.446. The Morgan fingerprint density at radius 1 is 1.42 bits per heavy atom. The maximum Gasteiger partial charge on any atom is 0.143 e. The van der Waals surface area contributed by atoms with Crippen LogP contribution in [0.25, 0.3) is 0 Å². The summed E-state index contributed by atoms with van der Waals surface area (Å²) in [5, 5.41) is 11.9. The van der Waals surface area contributed by atoms with Crippen LogP contribution in [0.1, 0.15) is 44.6 Å². The maximum absolute atomic E-state index is 13.4. The van der Waals surface area contributed by atoms with E-state index < -0.39 is 5.82 Å². The fraction of sp³-hybridized carbons (Fsp3) is 0.562. The van der Waals surface area contributed by atoms with Gasteiger partial charge in [-0.3, -0.25) is 0 Å². The van der Waals surface area contributed by atoms with Crippen molar-refractivity contribution in [2.24, 2.45) is 11.8 Å². The zero-order valence-corrected chi connectivity index (χ0v) is 11.5. The van der Waals surface area contributed by atoms with E-state index in [-0.39, 0.29) is 5.56 Å². The van der Waals surface area contributed by atoms with Crippen molar-refractivity contribution in [1.29, 1.82) is 5.26 Å². The van der Waals surface area contributed by atoms with Gasteiger partial charge in [0.2, 0.25) is 0 Å². The van der Waals surface area contributed by atoms with Gasteiger partial charge in [0.1, 0.15) is 11.9 Å². The Morgan fingerprint density at radius 2 is 2.26 bits per heavy atom. The molecule has 0 saturated heterocycles. The molecule has 2 unspecified atom stereocenters. The predicted octanol–water partition coefficient (Wildman–Crippen LogP) is 4.33. The number of hydrogen-bond acceptors (Lipinski definition) is 2. The van der Waals surface area contributed by atoms with E-state index in [9.17, 15) is 4.39 Å². The summed E-state index contributed by atoms with van der Waals surface area (Å²) in [6, 6.07) is 6.53. The van der Waals surface area contributed by atoms with Crippen LogP contribution in [0.5, 0.6) is 0 Å². The average Bonchev–Trinajstić information content (AvgIpc) is 2.39. The highest BCUT2D eigenvalue weighted by Crippen LogP contribution is 2.30. The van der Waals surface area contributed by atoms with Crippen molar-refractivity contribution < 1.29 is 4.39 Å². The van der Waals surface area contributed by atoms with Gasteiger partial charge >= 0.3 is 0 Å². The van der Waals surface area contributed by atoms with Crippen molar-refractivity contribution in [3.8, 4) is 6.07 Å². The minimum absolute atomic E-state index is 0.103. The summed E-state index contributed by atoms with van der Waals surface area (Å²) >= 11 is 0. The second kappa shape index (κ2) is 6.56. The van der Waals surface area contributed by atoms with E-state index in [1.54, 1.807) is 6.07 Å². The molecule has 0 aromatic heterocycles. The van der Waals surface area contributed by atoms with Crippen LogP contribution in [0, 0.1) is 29.0 Å². The standard InChI is InChI=1S/C16H21FN2/c1-12-3-2-4-13(9-12)7-8-19-15-6-5-14(11-18)16(17)10-15/h5-6,10,12-13,19H,2-4,7-9H2,1H3. The molecular formula is C16H21FN2. The summed E-state index contributed by atoms with van der Waals surface area (Å²) in [6.07, 6.45) is 6.51. The first-order valence-corrected chi connectivity index (χ1v) is 7.12. The first-order valence-electron chi connectivity index (χ1n) is 7.12. The van der Waals surface area contributed by atoms with Crippen molar-refractivity contribution in [2.75, 3.05) is 11.9 Å². The van der Waals surface area contributed by atoms with Crippen molar-refractivity contribution in [2.45, 2.75) is 39.0 Å². The fourth-order valence-corrected chi connectivity index (χ4v) is 2.96. The molecule has 19 heavy (non-hydrogen) atoms. The van der Waals surface area contributed by atoms with Crippen LogP contribution in [0.2, 0.25) is 0 Å². The first-order chi connectivity index (χ1) is 9.19. The largest absolute Gasteiger partial charge is 0.385 e. The second-order valence-electron chi connectivity index (χ2n) is 5.66. The van der Waals surface area contributed by atoms with Gasteiger partial charge in [0, 0.05) is 12.2 Å². The number of nitriles is 1. The van der Waals surface area contributed by atoms with E-state index in [2.05, 4.69) is 12.2 Å². The summed E-state index contributed by atoms with van der Waals surface area (Å²) in [4.78, 5) is 0. The van der Waals surface area contributed by atoms with Gasteiger partial charge in [0.25, 0.3) is 0 Å². The van der Waals surface area contributed by atoms with Crippen molar-refractivity contribution in [3.05, 3.63) is 29.6 Å². The Bertz CT molecular complexity index is 464. The van der Waals surface area contributed by atoms with Crippen LogP contribution in [0.15, 0.2) is 18.2 Å². The highest BCUT2D eigenvalue weighted by molar-refractivity contribution is 5.48. The van der Waals surface area contributed by atoms with Gasteiger partial charge in [-0.05, 0) is 42.9 Å². The lowest BCUT2D eigenvalue weighted by molar-refractivity contribution is 0.274. The molecule has 1 fully saturated rings. The topological polar surface area (TPSA) is 35.8 Å². The summed E-state index contributed by atoms with van der Waals surface area (Å²) in [6.45, 7) is 3.21. The zero-order chi connectivity index (χ0) is 13.7. The zero-order valence-electron chi connectivity index (χ0n) is 11.5. The molecule has 0 radical (unpaired) electrons. The Hall–Kier alpha value is -1.56. The van der Waals surface area contributed by atoms with E-state index in [4.69, 9.17) is 5.26 Å². The molecule has 102 valence electrons. The molecule has 3 heteroatoms. The van der Waals surface area contributed by atoms with Crippen LogP contribution in [-0.2, 0) is 0 Å². The Morgan fingerprint density at radius 3 is 2.95 bits per heavy atom. The molecule has 0 bridgehead atoms. The number of anilines is 1. The number of hydrogen-bond donors (Lipinski definition) is 1. The molecule has 0 heterocycles. The van der Waals surface area contributed by atoms with Crippen LogP contribution in [0.3, 0.4) is 0 Å². The number of rotatable bonds is 4. The molecule has 2 atom stereocenters. The summed E-state index contributed by atoms with van der Waals surface area (Å²) < 4.78 is 13.4. The average molecular weight is 260 g/mol. The third-order valence-corrected chi connectivity index (χ3v) is 4.02. The van der Waals surface area contributed by atoms with E-state index in [0.717, 1.165) is 30.5 Å². The Kier molecular flexibility index (Phi) is 4.79. The fourth-order valence-electron chi connectivity index (χ4n) is 2.96. The molecule has 0 aliphatic heterocycles. The number of nitrogens with one attached hydrogen (secondary N) is 1. The van der Waals surface area contributed by atoms with Gasteiger partial charge in [0.05, 0.1) is 5.56 Å². The van der Waals surface area contributed by atoms with Crippen LogP contribution in [-0.4, -0.2) is 6.54 Å². The summed E-state index contributed by atoms with van der Waals surface area (Å²) in [5.41, 5.74) is 0.868. The predicted molar refractivity (Wildman–Crippen MR) is 75.3 cm³/mol. The van der Waals surface area contributed by atoms with E-state index in [1.165, 1.54) is 37.8 Å². The third-order valence-electron chi connectivity index (χ3n) is 4.02. The first kappa shape index (κ1) is 13.9. The van der Waals surface area contributed by atoms with Crippen molar-refractivity contribution >= 4 is 5.69 Å². The Balaban J connectivity index is 1.79. The second-order valence-corrected chi connectivity index (χ2v) is 5.66. The third kappa shape index (κ3) is 3.96. The SMILES string of the molecule is CC1CCCC(CCNc2ccc(C#N)c(F)c2)C1. The van der Waals surface area contributed by atoms with Crippen molar-refractivity contribution in [1.82, 2.24) is 0 Å². The molecule has 0 spiro atoms. The molecule has 1 saturated carbocycles. The maximum atomic E-state index is 13.4. The van der Waals surface area contributed by atoms with Crippen LogP contribution >= 0.6 is 0 Å². The van der Waals surface area contributed by atoms with Gasteiger partial charge in [-0.1, -0.05) is 26.2 Å². The molecule has 1 aliphatic rings. The molecule has 1 aliphatic carbocycles. The van der Waals surface area contributed by atoms with E-state index in [0.29, 0.717) is 0 Å². The van der Waals surface area contributed by atoms with Gasteiger partial charge in [-0.25, -0.2) is 4.39 Å². The minimum Gasteiger partial charge on any atom is -0.385 e. The molecule has 0 amide bonds. The van der Waals surface area contributed by atoms with Gasteiger partial charge in [-0.15, -0.1) is 0 Å². The lowest BCUT2D eigenvalue weighted by atomic mass is 9.81. The quantitative estimate of drug-likeness (QED) is 0.874. The molecule has 1 aromatic rings. The lowest BCUT2D eigenvalue weighted by Gasteiger charge is -2.26. The summed E-state index contributed by atoms with van der Waals surface area (Å²) in [7, 11) is 0. The van der Waals surface area contributed by atoms with E-state index in [1.807, 2.05) is 6.07 Å². The van der Waals surface area contributed by atoms with Crippen LogP contribution in [0.4, 0.5) is 10.1 Å². The number of nitrogens with zero attached hydrogens (tertiary/aromatic N) is 1. The van der Waals surface area contributed by atoms with E-state index >= 15 is 0 Å². The molecule has 1 N–H and O–H groups in total. The monoisotopic (exact) mass is 260 g/mol. The van der Waals surface area contributed by atoms with Gasteiger partial charge in [-0.2, -0.15) is 5.26 Å². The highest BCUT2D eigenvalue weighted by Gasteiger charge is 2.18. The molecule has 2 rings (SSSR count). The van der Waals surface area contributed by atoms with Gasteiger partial charge < -0.3 is 5.32 Å². The highest BCUT2D eigenvalue weighted by atomic mass is 19.1. The Labute approximate surface area is 114 Å². The molecular weight excluding hydrogens is 239 g/mol. The molecule has 1 aromatic carbocycles. The summed E-state index contributed by atoms with van der Waals surface area (Å²) in [5.74, 6) is 1.21. The van der Waals surface area contributed by atoms with Gasteiger partial charge in [0.15, 0.2) is 0 Å². The molecule has 2 nitrogen and oxygen atoms in total.